The molecule has 2 aliphatic heterocycles. The summed E-state index contributed by atoms with van der Waals surface area (Å²) < 4.78 is 26.5. The Kier molecular flexibility index (Phi) is 7.78. The second-order valence-corrected chi connectivity index (χ2v) is 7.93. The number of hydrogen-bond acceptors (Lipinski definition) is 13. The van der Waals surface area contributed by atoms with Crippen LogP contribution in [-0.4, -0.2) is 117 Å². The monoisotopic (exact) mass is 476 g/mol. The van der Waals surface area contributed by atoms with E-state index in [9.17, 15) is 40.5 Å². The number of aliphatic hydroxyl groups is 6. The van der Waals surface area contributed by atoms with Gasteiger partial charge in [0.05, 0.1) is 26.9 Å². The van der Waals surface area contributed by atoms with Crippen molar-refractivity contribution in [1.29, 1.82) is 0 Å². The van der Waals surface area contributed by atoms with Gasteiger partial charge in [-0.2, -0.15) is 0 Å². The molecule has 0 amide bonds. The van der Waals surface area contributed by atoms with Gasteiger partial charge in [0.1, 0.15) is 58.9 Å². The molecule has 2 saturated heterocycles. The first-order valence-corrected chi connectivity index (χ1v) is 10.0. The Morgan fingerprint density at radius 1 is 1.15 bits per heavy atom. The highest BCUT2D eigenvalue weighted by Crippen LogP contribution is 2.35. The number of carbonyl (C=O) groups excluding carboxylic acids is 1. The molecule has 0 bridgehead atoms. The van der Waals surface area contributed by atoms with Crippen LogP contribution < -0.4 is 9.47 Å². The maximum absolute atomic E-state index is 11.7. The number of rotatable bonds is 8. The van der Waals surface area contributed by atoms with Crippen LogP contribution in [0.15, 0.2) is 12.1 Å². The van der Waals surface area contributed by atoms with Gasteiger partial charge < -0.3 is 59.4 Å². The van der Waals surface area contributed by atoms with E-state index in [1.54, 1.807) is 0 Å². The van der Waals surface area contributed by atoms with Gasteiger partial charge in [-0.1, -0.05) is 0 Å². The third kappa shape index (κ3) is 5.06. The van der Waals surface area contributed by atoms with E-state index in [-0.39, 0.29) is 17.1 Å². The van der Waals surface area contributed by atoms with E-state index in [0.717, 1.165) is 6.07 Å². The van der Waals surface area contributed by atoms with Gasteiger partial charge in [-0.15, -0.1) is 0 Å². The van der Waals surface area contributed by atoms with Gasteiger partial charge in [0.2, 0.25) is 6.29 Å². The van der Waals surface area contributed by atoms with E-state index in [4.69, 9.17) is 23.7 Å². The summed E-state index contributed by atoms with van der Waals surface area (Å²) >= 11 is 0. The van der Waals surface area contributed by atoms with Crippen molar-refractivity contribution in [3.05, 3.63) is 17.7 Å². The molecule has 8 unspecified atom stereocenters. The highest BCUT2D eigenvalue weighted by molar-refractivity contribution is 5.99. The van der Waals surface area contributed by atoms with Crippen molar-refractivity contribution in [3.8, 4) is 17.2 Å². The zero-order valence-electron chi connectivity index (χ0n) is 17.9. The van der Waals surface area contributed by atoms with E-state index >= 15 is 0 Å². The number of methoxy groups -OCH3 is 1. The molecule has 13 heteroatoms. The number of ketones is 1. The normalized spacial score (nSPS) is 36.5. The van der Waals surface area contributed by atoms with E-state index in [0.29, 0.717) is 0 Å². The lowest BCUT2D eigenvalue weighted by Crippen LogP contribution is -2.60. The predicted molar refractivity (Wildman–Crippen MR) is 106 cm³/mol. The fourth-order valence-electron chi connectivity index (χ4n) is 3.57. The van der Waals surface area contributed by atoms with Crippen LogP contribution in [0.5, 0.6) is 17.2 Å². The first-order valence-electron chi connectivity index (χ1n) is 10.0. The van der Waals surface area contributed by atoms with Crippen LogP contribution in [0.4, 0.5) is 0 Å². The number of phenols is 1. The molecule has 2 heterocycles. The number of benzene rings is 1. The van der Waals surface area contributed by atoms with Crippen LogP contribution in [0, 0.1) is 0 Å². The molecule has 3 rings (SSSR count). The van der Waals surface area contributed by atoms with Crippen LogP contribution >= 0.6 is 0 Å². The first kappa shape index (κ1) is 25.6. The molecule has 0 aliphatic carbocycles. The van der Waals surface area contributed by atoms with Gasteiger partial charge in [-0.3, -0.25) is 4.79 Å². The molecule has 0 aromatic heterocycles. The topological polar surface area (TPSA) is 205 Å². The quantitative estimate of drug-likeness (QED) is 0.190. The zero-order valence-corrected chi connectivity index (χ0v) is 17.9. The minimum absolute atomic E-state index is 0.00649. The Morgan fingerprint density at radius 3 is 2.42 bits per heavy atom. The highest BCUT2D eigenvalue weighted by atomic mass is 16.7. The molecular weight excluding hydrogens is 448 g/mol. The third-order valence-electron chi connectivity index (χ3n) is 5.55. The molecular formula is C20H28O13. The number of Topliss-reactive ketones (excluding diaryl/α,β-unsaturated/α-hetero) is 1. The molecule has 1 aromatic rings. The van der Waals surface area contributed by atoms with Gasteiger partial charge >= 0.3 is 0 Å². The van der Waals surface area contributed by atoms with Crippen molar-refractivity contribution in [1.82, 2.24) is 0 Å². The fraction of sp³-hybridized carbons (Fsp3) is 0.650. The molecule has 2 aliphatic rings. The van der Waals surface area contributed by atoms with E-state index in [1.165, 1.54) is 20.1 Å². The zero-order chi connectivity index (χ0) is 24.5. The summed E-state index contributed by atoms with van der Waals surface area (Å²) in [4.78, 5) is 11.7. The second-order valence-electron chi connectivity index (χ2n) is 7.93. The lowest BCUT2D eigenvalue weighted by Gasteiger charge is -2.40. The van der Waals surface area contributed by atoms with Crippen LogP contribution in [0.3, 0.4) is 0 Å². The minimum atomic E-state index is -1.91. The SMILES string of the molecule is COc1cc(OC2OC(COC3OCC(O)(CO)C3O)C(O)C(O)C2O)cc(O)c1C(C)=O. The van der Waals surface area contributed by atoms with Crippen molar-refractivity contribution < 1.29 is 64.2 Å². The molecule has 0 saturated carbocycles. The van der Waals surface area contributed by atoms with Gasteiger partial charge in [0.25, 0.3) is 0 Å². The van der Waals surface area contributed by atoms with E-state index in [2.05, 4.69) is 0 Å². The van der Waals surface area contributed by atoms with Gasteiger partial charge in [-0.25, -0.2) is 0 Å². The standard InChI is InChI=1S/C20H28O13/c1-8(22)13-10(23)3-9(4-11(13)29-2)32-18-16(26)15(25)14(24)12(33-18)5-30-19-17(27)20(28,6-21)7-31-19/h3-4,12,14-19,21,23-28H,5-7H2,1-2H3. The van der Waals surface area contributed by atoms with Gasteiger partial charge in [0.15, 0.2) is 12.1 Å². The number of aliphatic hydroxyl groups excluding tert-OH is 5. The molecule has 8 atom stereocenters. The molecule has 0 spiro atoms. The van der Waals surface area contributed by atoms with Crippen LogP contribution in [0.1, 0.15) is 17.3 Å². The van der Waals surface area contributed by atoms with Crippen molar-refractivity contribution in [2.45, 2.75) is 55.6 Å². The Balaban J connectivity index is 1.71. The van der Waals surface area contributed by atoms with Crippen molar-refractivity contribution in [2.75, 3.05) is 26.9 Å². The highest BCUT2D eigenvalue weighted by Gasteiger charge is 2.50. The Hall–Kier alpha value is -2.07. The summed E-state index contributed by atoms with van der Waals surface area (Å²) in [7, 11) is 1.28. The third-order valence-corrected chi connectivity index (χ3v) is 5.55. The van der Waals surface area contributed by atoms with Crippen molar-refractivity contribution in [3.63, 3.8) is 0 Å². The smallest absolute Gasteiger partial charge is 0.229 e. The molecule has 2 fully saturated rings. The summed E-state index contributed by atoms with van der Waals surface area (Å²) in [5.41, 5.74) is -1.99. The molecule has 0 radical (unpaired) electrons. The van der Waals surface area contributed by atoms with Crippen molar-refractivity contribution >= 4 is 5.78 Å². The van der Waals surface area contributed by atoms with Crippen molar-refractivity contribution in [2.24, 2.45) is 0 Å². The van der Waals surface area contributed by atoms with E-state index < -0.39 is 80.1 Å². The van der Waals surface area contributed by atoms with Gasteiger partial charge in [0, 0.05) is 12.1 Å². The number of aromatic hydroxyl groups is 1. The largest absolute Gasteiger partial charge is 0.507 e. The summed E-state index contributed by atoms with van der Waals surface area (Å²) in [5.74, 6) is -0.951. The fourth-order valence-corrected chi connectivity index (χ4v) is 3.57. The number of hydrogen-bond donors (Lipinski definition) is 7. The van der Waals surface area contributed by atoms with Crippen LogP contribution in [0.25, 0.3) is 0 Å². The summed E-state index contributed by atoms with van der Waals surface area (Å²) in [6.07, 6.45) is -10.8. The number of carbonyl (C=O) groups is 1. The second kappa shape index (κ2) is 10.0. The Bertz CT molecular complexity index is 847. The van der Waals surface area contributed by atoms with Crippen LogP contribution in [-0.2, 0) is 14.2 Å². The molecule has 7 N–H and O–H groups in total. The maximum Gasteiger partial charge on any atom is 0.229 e. The molecule has 1 aromatic carbocycles. The summed E-state index contributed by atoms with van der Waals surface area (Å²) in [6.45, 7) is -0.374. The van der Waals surface area contributed by atoms with E-state index in [1.807, 2.05) is 0 Å². The Labute approximate surface area is 188 Å². The Morgan fingerprint density at radius 2 is 1.85 bits per heavy atom. The average Bonchev–Trinajstić information content (AvgIpc) is 3.06. The summed E-state index contributed by atoms with van der Waals surface area (Å²) in [6, 6.07) is 2.37. The molecule has 13 nitrogen and oxygen atoms in total. The lowest BCUT2D eigenvalue weighted by atomic mass is 9.99. The molecule has 186 valence electrons. The number of ether oxygens (including phenoxy) is 5. The van der Waals surface area contributed by atoms with Gasteiger partial charge in [-0.05, 0) is 6.92 Å². The predicted octanol–water partition coefficient (Wildman–Crippen LogP) is -2.75. The van der Waals surface area contributed by atoms with Crippen LogP contribution in [0.2, 0.25) is 0 Å². The maximum atomic E-state index is 11.7. The molecule has 33 heavy (non-hydrogen) atoms. The summed E-state index contributed by atoms with van der Waals surface area (Å²) in [5, 5.41) is 70.1. The first-order chi connectivity index (χ1) is 15.5. The number of phenolic OH excluding ortho intramolecular Hbond substituents is 1. The average molecular weight is 476 g/mol. The minimum Gasteiger partial charge on any atom is -0.507 e. The lowest BCUT2D eigenvalue weighted by molar-refractivity contribution is -0.289.